The molecule has 4 heteroatoms. The highest BCUT2D eigenvalue weighted by Gasteiger charge is 2.27. The van der Waals surface area contributed by atoms with E-state index in [1.54, 1.807) is 31.4 Å². The molecule has 1 aliphatic heterocycles. The van der Waals surface area contributed by atoms with Gasteiger partial charge in [0.25, 0.3) is 0 Å². The van der Waals surface area contributed by atoms with Gasteiger partial charge >= 0.3 is 0 Å². The van der Waals surface area contributed by atoms with Gasteiger partial charge in [0.15, 0.2) is 5.76 Å². The Labute approximate surface area is 141 Å². The van der Waals surface area contributed by atoms with Crippen molar-refractivity contribution in [2.45, 2.75) is 6.92 Å². The molecule has 0 atom stereocenters. The van der Waals surface area contributed by atoms with E-state index in [0.29, 0.717) is 23.7 Å². The van der Waals surface area contributed by atoms with Gasteiger partial charge in [-0.25, -0.2) is 0 Å². The molecule has 0 N–H and O–H groups in total. The number of hydrogen-bond donors (Lipinski definition) is 0. The Morgan fingerprint density at radius 3 is 2.79 bits per heavy atom. The average molecular weight is 322 g/mol. The summed E-state index contributed by atoms with van der Waals surface area (Å²) < 4.78 is 16.5. The Hall–Kier alpha value is -3.01. The molecular weight excluding hydrogens is 304 g/mol. The maximum absolute atomic E-state index is 12.5. The van der Waals surface area contributed by atoms with Gasteiger partial charge < -0.3 is 14.2 Å². The number of benzene rings is 2. The van der Waals surface area contributed by atoms with Gasteiger partial charge in [-0.05, 0) is 48.4 Å². The fourth-order valence-corrected chi connectivity index (χ4v) is 2.35. The molecule has 0 saturated heterocycles. The van der Waals surface area contributed by atoms with E-state index in [2.05, 4.69) is 6.58 Å². The number of methoxy groups -OCH3 is 1. The summed E-state index contributed by atoms with van der Waals surface area (Å²) in [6, 6.07) is 12.6. The van der Waals surface area contributed by atoms with Crippen LogP contribution < -0.4 is 14.2 Å². The summed E-state index contributed by atoms with van der Waals surface area (Å²) in [5.41, 5.74) is 2.29. The second kappa shape index (κ2) is 6.62. The van der Waals surface area contributed by atoms with E-state index in [4.69, 9.17) is 14.2 Å². The number of ketones is 1. The summed E-state index contributed by atoms with van der Waals surface area (Å²) in [5.74, 6) is 2.03. The topological polar surface area (TPSA) is 44.8 Å². The molecule has 0 unspecified atom stereocenters. The number of fused-ring (bicyclic) bond motifs is 1. The Kier molecular flexibility index (Phi) is 4.38. The van der Waals surface area contributed by atoms with E-state index in [1.807, 2.05) is 31.2 Å². The van der Waals surface area contributed by atoms with Crippen LogP contribution in [0.1, 0.15) is 22.8 Å². The van der Waals surface area contributed by atoms with Crippen LogP contribution in [0.3, 0.4) is 0 Å². The fourth-order valence-electron chi connectivity index (χ4n) is 2.35. The fraction of sp³-hybridized carbons (Fsp3) is 0.150. The molecule has 0 aromatic heterocycles. The zero-order chi connectivity index (χ0) is 17.1. The number of hydrogen-bond acceptors (Lipinski definition) is 4. The van der Waals surface area contributed by atoms with E-state index < -0.39 is 0 Å². The molecule has 1 aliphatic rings. The second-order valence-electron chi connectivity index (χ2n) is 5.62. The Morgan fingerprint density at radius 1 is 1.21 bits per heavy atom. The highest BCUT2D eigenvalue weighted by Crippen LogP contribution is 2.35. The van der Waals surface area contributed by atoms with Crippen molar-refractivity contribution in [2.75, 3.05) is 13.7 Å². The molecule has 2 aromatic rings. The third-order valence-corrected chi connectivity index (χ3v) is 3.52. The molecule has 4 nitrogen and oxygen atoms in total. The molecule has 0 fully saturated rings. The van der Waals surface area contributed by atoms with Crippen molar-refractivity contribution in [3.05, 3.63) is 71.5 Å². The van der Waals surface area contributed by atoms with Crippen LogP contribution in [0.25, 0.3) is 6.08 Å². The molecular formula is C20H18O4. The van der Waals surface area contributed by atoms with Crippen molar-refractivity contribution in [1.29, 1.82) is 0 Å². The van der Waals surface area contributed by atoms with Gasteiger partial charge in [0.2, 0.25) is 5.78 Å². The Morgan fingerprint density at radius 2 is 2.04 bits per heavy atom. The van der Waals surface area contributed by atoms with Crippen LogP contribution in [0.2, 0.25) is 0 Å². The third-order valence-electron chi connectivity index (χ3n) is 3.52. The molecule has 2 aromatic carbocycles. The first-order valence-electron chi connectivity index (χ1n) is 7.56. The largest absolute Gasteiger partial charge is 0.497 e. The lowest BCUT2D eigenvalue weighted by Crippen LogP contribution is -1.98. The summed E-state index contributed by atoms with van der Waals surface area (Å²) >= 11 is 0. The third kappa shape index (κ3) is 3.33. The van der Waals surface area contributed by atoms with Crippen molar-refractivity contribution in [3.63, 3.8) is 0 Å². The first-order chi connectivity index (χ1) is 11.6. The maximum Gasteiger partial charge on any atom is 0.231 e. The van der Waals surface area contributed by atoms with Gasteiger partial charge in [-0.15, -0.1) is 0 Å². The lowest BCUT2D eigenvalue weighted by Gasteiger charge is -2.06. The van der Waals surface area contributed by atoms with E-state index in [1.165, 1.54) is 0 Å². The normalized spacial score (nSPS) is 14.2. The summed E-state index contributed by atoms with van der Waals surface area (Å²) in [5, 5.41) is 0. The lowest BCUT2D eigenvalue weighted by molar-refractivity contribution is 0.101. The average Bonchev–Trinajstić information content (AvgIpc) is 2.88. The number of allylic oxidation sites excluding steroid dienone is 1. The van der Waals surface area contributed by atoms with Gasteiger partial charge in [0, 0.05) is 6.07 Å². The quantitative estimate of drug-likeness (QED) is 0.609. The van der Waals surface area contributed by atoms with Crippen molar-refractivity contribution < 1.29 is 19.0 Å². The minimum Gasteiger partial charge on any atom is -0.497 e. The minimum absolute atomic E-state index is 0.140. The lowest BCUT2D eigenvalue weighted by atomic mass is 10.1. The highest BCUT2D eigenvalue weighted by atomic mass is 16.5. The van der Waals surface area contributed by atoms with Crippen molar-refractivity contribution in [2.24, 2.45) is 0 Å². The van der Waals surface area contributed by atoms with Crippen LogP contribution in [-0.4, -0.2) is 19.5 Å². The zero-order valence-corrected chi connectivity index (χ0v) is 13.7. The minimum atomic E-state index is -0.140. The van der Waals surface area contributed by atoms with E-state index in [-0.39, 0.29) is 11.5 Å². The highest BCUT2D eigenvalue weighted by molar-refractivity contribution is 6.14. The van der Waals surface area contributed by atoms with E-state index in [9.17, 15) is 4.79 Å². The van der Waals surface area contributed by atoms with Crippen LogP contribution in [-0.2, 0) is 0 Å². The van der Waals surface area contributed by atoms with Gasteiger partial charge in [-0.2, -0.15) is 0 Å². The molecule has 0 aliphatic carbocycles. The van der Waals surface area contributed by atoms with Crippen LogP contribution in [0.4, 0.5) is 0 Å². The summed E-state index contributed by atoms with van der Waals surface area (Å²) in [6.45, 7) is 6.12. The summed E-state index contributed by atoms with van der Waals surface area (Å²) in [4.78, 5) is 12.5. The molecule has 122 valence electrons. The second-order valence-corrected chi connectivity index (χ2v) is 5.62. The van der Waals surface area contributed by atoms with Gasteiger partial charge in [-0.3, -0.25) is 4.79 Å². The van der Waals surface area contributed by atoms with Crippen LogP contribution >= 0.6 is 0 Å². The number of carbonyl (C=O) groups is 1. The Balaban J connectivity index is 1.84. The van der Waals surface area contributed by atoms with Crippen molar-refractivity contribution >= 4 is 11.9 Å². The standard InChI is InChI=1S/C20H18O4/c1-13(2)12-23-16-7-8-17-18(11-16)24-19(20(17)21)10-14-5-4-6-15(9-14)22-3/h4-11H,1,12H2,2-3H3. The van der Waals surface area contributed by atoms with Crippen molar-refractivity contribution in [1.82, 2.24) is 0 Å². The zero-order valence-electron chi connectivity index (χ0n) is 13.7. The molecule has 0 amide bonds. The van der Waals surface area contributed by atoms with Crippen LogP contribution in [0.15, 0.2) is 60.4 Å². The summed E-state index contributed by atoms with van der Waals surface area (Å²) in [6.07, 6.45) is 1.71. The monoisotopic (exact) mass is 322 g/mol. The van der Waals surface area contributed by atoms with Crippen LogP contribution in [0.5, 0.6) is 17.2 Å². The summed E-state index contributed by atoms with van der Waals surface area (Å²) in [7, 11) is 1.60. The van der Waals surface area contributed by atoms with E-state index in [0.717, 1.165) is 16.9 Å². The first-order valence-corrected chi connectivity index (χ1v) is 7.56. The van der Waals surface area contributed by atoms with Gasteiger partial charge in [0.1, 0.15) is 23.9 Å². The molecule has 3 rings (SSSR count). The SMILES string of the molecule is C=C(C)COc1ccc2c(c1)OC(=Cc1cccc(OC)c1)C2=O. The first kappa shape index (κ1) is 15.9. The molecule has 24 heavy (non-hydrogen) atoms. The molecule has 0 saturated carbocycles. The maximum atomic E-state index is 12.5. The van der Waals surface area contributed by atoms with Gasteiger partial charge in [-0.1, -0.05) is 18.7 Å². The molecule has 1 heterocycles. The molecule has 0 spiro atoms. The molecule has 0 bridgehead atoms. The number of carbonyl (C=O) groups excluding carboxylic acids is 1. The van der Waals surface area contributed by atoms with Crippen molar-refractivity contribution in [3.8, 4) is 17.2 Å². The predicted octanol–water partition coefficient (Wildman–Crippen LogP) is 4.27. The smallest absolute Gasteiger partial charge is 0.231 e. The number of Topliss-reactive ketones (excluding diaryl/α,β-unsaturated/α-hetero) is 1. The number of rotatable bonds is 5. The Bertz CT molecular complexity index is 833. The van der Waals surface area contributed by atoms with Gasteiger partial charge in [0.05, 0.1) is 12.7 Å². The predicted molar refractivity (Wildman–Crippen MR) is 92.7 cm³/mol. The van der Waals surface area contributed by atoms with Crippen LogP contribution in [0, 0.1) is 0 Å². The number of ether oxygens (including phenoxy) is 3. The molecule has 0 radical (unpaired) electrons. The van der Waals surface area contributed by atoms with E-state index >= 15 is 0 Å².